The molecular formula is C21H21NO2. The van der Waals surface area contributed by atoms with Crippen LogP contribution in [0.15, 0.2) is 72.9 Å². The van der Waals surface area contributed by atoms with Crippen LogP contribution in [0.2, 0.25) is 0 Å². The van der Waals surface area contributed by atoms with Gasteiger partial charge >= 0.3 is 5.97 Å². The van der Waals surface area contributed by atoms with E-state index in [1.54, 1.807) is 6.08 Å². The molecule has 2 aromatic rings. The SMILES string of the molecule is O=C(/C=C/c1ccccc1)OCc1ccccc1CN1C=CCC1. The molecule has 0 bridgehead atoms. The second kappa shape index (κ2) is 8.16. The van der Waals surface area contributed by atoms with Crippen LogP contribution in [0.25, 0.3) is 6.08 Å². The second-order valence-electron chi connectivity index (χ2n) is 5.76. The lowest BCUT2D eigenvalue weighted by molar-refractivity contribution is -0.138. The first-order valence-corrected chi connectivity index (χ1v) is 8.18. The van der Waals surface area contributed by atoms with E-state index in [4.69, 9.17) is 4.74 Å². The van der Waals surface area contributed by atoms with Crippen molar-refractivity contribution in [1.29, 1.82) is 0 Å². The molecule has 0 amide bonds. The molecule has 0 fully saturated rings. The van der Waals surface area contributed by atoms with Gasteiger partial charge in [-0.2, -0.15) is 0 Å². The Balaban J connectivity index is 1.57. The molecule has 1 aliphatic heterocycles. The van der Waals surface area contributed by atoms with Crippen LogP contribution in [0.4, 0.5) is 0 Å². The van der Waals surface area contributed by atoms with Gasteiger partial charge in [0.25, 0.3) is 0 Å². The number of benzene rings is 2. The summed E-state index contributed by atoms with van der Waals surface area (Å²) in [6.45, 7) is 2.20. The molecule has 1 heterocycles. The molecule has 0 atom stereocenters. The first-order chi connectivity index (χ1) is 11.8. The Kier molecular flexibility index (Phi) is 5.46. The molecule has 0 N–H and O–H groups in total. The fourth-order valence-electron chi connectivity index (χ4n) is 2.67. The summed E-state index contributed by atoms with van der Waals surface area (Å²) in [5.74, 6) is -0.324. The van der Waals surface area contributed by atoms with Gasteiger partial charge in [-0.3, -0.25) is 0 Å². The third-order valence-electron chi connectivity index (χ3n) is 3.97. The Bertz CT molecular complexity index is 735. The average molecular weight is 319 g/mol. The third-order valence-corrected chi connectivity index (χ3v) is 3.97. The monoisotopic (exact) mass is 319 g/mol. The molecule has 0 unspecified atom stereocenters. The first-order valence-electron chi connectivity index (χ1n) is 8.18. The molecule has 0 aliphatic carbocycles. The number of carbonyl (C=O) groups excluding carboxylic acids is 1. The number of nitrogens with zero attached hydrogens (tertiary/aromatic N) is 1. The fourth-order valence-corrected chi connectivity index (χ4v) is 2.67. The lowest BCUT2D eigenvalue weighted by Crippen LogP contribution is -2.15. The van der Waals surface area contributed by atoms with E-state index < -0.39 is 0 Å². The maximum absolute atomic E-state index is 11.9. The van der Waals surface area contributed by atoms with Crippen LogP contribution >= 0.6 is 0 Å². The van der Waals surface area contributed by atoms with Crippen molar-refractivity contribution in [2.24, 2.45) is 0 Å². The van der Waals surface area contributed by atoms with Crippen LogP contribution in [0.1, 0.15) is 23.1 Å². The zero-order valence-electron chi connectivity index (χ0n) is 13.6. The molecule has 24 heavy (non-hydrogen) atoms. The maximum atomic E-state index is 11.9. The highest BCUT2D eigenvalue weighted by Crippen LogP contribution is 2.16. The van der Waals surface area contributed by atoms with Crippen molar-refractivity contribution in [3.63, 3.8) is 0 Å². The lowest BCUT2D eigenvalue weighted by Gasteiger charge is -2.17. The largest absolute Gasteiger partial charge is 0.458 e. The first kappa shape index (κ1) is 16.1. The summed E-state index contributed by atoms with van der Waals surface area (Å²) in [5, 5.41) is 0. The van der Waals surface area contributed by atoms with E-state index in [-0.39, 0.29) is 5.97 Å². The standard InChI is InChI=1S/C21H21NO2/c23-21(13-12-18-8-2-1-3-9-18)24-17-20-11-5-4-10-19(20)16-22-14-6-7-15-22/h1-6,8-14H,7,15-17H2/b13-12+. The highest BCUT2D eigenvalue weighted by Gasteiger charge is 2.09. The second-order valence-corrected chi connectivity index (χ2v) is 5.76. The third kappa shape index (κ3) is 4.59. The van der Waals surface area contributed by atoms with Gasteiger partial charge in [0.1, 0.15) is 6.61 Å². The molecule has 122 valence electrons. The maximum Gasteiger partial charge on any atom is 0.331 e. The summed E-state index contributed by atoms with van der Waals surface area (Å²) in [4.78, 5) is 14.2. The van der Waals surface area contributed by atoms with Crippen molar-refractivity contribution < 1.29 is 9.53 Å². The number of carbonyl (C=O) groups is 1. The molecule has 0 spiro atoms. The zero-order valence-corrected chi connectivity index (χ0v) is 13.6. The smallest absolute Gasteiger partial charge is 0.331 e. The molecule has 1 aliphatic rings. The van der Waals surface area contributed by atoms with Crippen molar-refractivity contribution in [3.8, 4) is 0 Å². The molecule has 0 radical (unpaired) electrons. The summed E-state index contributed by atoms with van der Waals surface area (Å²) in [5.41, 5.74) is 3.24. The van der Waals surface area contributed by atoms with Crippen LogP contribution in [0.3, 0.4) is 0 Å². The van der Waals surface area contributed by atoms with Gasteiger partial charge in [0, 0.05) is 19.2 Å². The van der Waals surface area contributed by atoms with Gasteiger partial charge in [-0.05, 0) is 35.4 Å². The average Bonchev–Trinajstić information content (AvgIpc) is 3.13. The Hall–Kier alpha value is -2.81. The molecule has 3 rings (SSSR count). The van der Waals surface area contributed by atoms with Crippen molar-refractivity contribution in [2.45, 2.75) is 19.6 Å². The lowest BCUT2D eigenvalue weighted by atomic mass is 10.1. The van der Waals surface area contributed by atoms with E-state index in [2.05, 4.69) is 23.2 Å². The number of hydrogen-bond donors (Lipinski definition) is 0. The number of ether oxygens (including phenoxy) is 1. The van der Waals surface area contributed by atoms with Gasteiger partial charge in [-0.25, -0.2) is 4.79 Å². The molecular weight excluding hydrogens is 298 g/mol. The van der Waals surface area contributed by atoms with Gasteiger partial charge in [-0.1, -0.05) is 60.7 Å². The highest BCUT2D eigenvalue weighted by molar-refractivity contribution is 5.87. The van der Waals surface area contributed by atoms with E-state index in [0.717, 1.165) is 30.6 Å². The minimum atomic E-state index is -0.324. The van der Waals surface area contributed by atoms with Gasteiger partial charge in [0.2, 0.25) is 0 Å². The predicted octanol–water partition coefficient (Wildman–Crippen LogP) is 4.16. The Morgan fingerprint density at radius 3 is 2.54 bits per heavy atom. The Morgan fingerprint density at radius 2 is 1.79 bits per heavy atom. The van der Waals surface area contributed by atoms with Crippen molar-refractivity contribution in [1.82, 2.24) is 4.90 Å². The van der Waals surface area contributed by atoms with E-state index in [9.17, 15) is 4.79 Å². The molecule has 3 nitrogen and oxygen atoms in total. The highest BCUT2D eigenvalue weighted by atomic mass is 16.5. The Labute approximate surface area is 142 Å². The van der Waals surface area contributed by atoms with Crippen LogP contribution in [0, 0.1) is 0 Å². The van der Waals surface area contributed by atoms with Crippen LogP contribution in [-0.4, -0.2) is 17.4 Å². The van der Waals surface area contributed by atoms with Gasteiger partial charge in [-0.15, -0.1) is 0 Å². The van der Waals surface area contributed by atoms with Crippen molar-refractivity contribution in [3.05, 3.63) is 89.6 Å². The molecule has 0 saturated carbocycles. The minimum Gasteiger partial charge on any atom is -0.458 e. The number of hydrogen-bond acceptors (Lipinski definition) is 3. The summed E-state index contributed by atoms with van der Waals surface area (Å²) in [6, 6.07) is 17.8. The number of rotatable bonds is 6. The van der Waals surface area contributed by atoms with E-state index in [1.807, 2.05) is 48.5 Å². The van der Waals surface area contributed by atoms with E-state index >= 15 is 0 Å². The fraction of sp³-hybridized carbons (Fsp3) is 0.190. The normalized spacial score (nSPS) is 13.6. The molecule has 3 heteroatoms. The van der Waals surface area contributed by atoms with Crippen LogP contribution in [0.5, 0.6) is 0 Å². The summed E-state index contributed by atoms with van der Waals surface area (Å²) < 4.78 is 5.39. The topological polar surface area (TPSA) is 29.5 Å². The minimum absolute atomic E-state index is 0.297. The summed E-state index contributed by atoms with van der Waals surface area (Å²) in [6.07, 6.45) is 8.65. The Morgan fingerprint density at radius 1 is 1.04 bits per heavy atom. The summed E-state index contributed by atoms with van der Waals surface area (Å²) >= 11 is 0. The van der Waals surface area contributed by atoms with Crippen LogP contribution in [-0.2, 0) is 22.7 Å². The van der Waals surface area contributed by atoms with E-state index in [0.29, 0.717) is 6.61 Å². The molecule has 0 saturated heterocycles. The predicted molar refractivity (Wildman–Crippen MR) is 95.9 cm³/mol. The zero-order chi connectivity index (χ0) is 16.6. The van der Waals surface area contributed by atoms with Crippen molar-refractivity contribution >= 4 is 12.0 Å². The molecule has 0 aromatic heterocycles. The van der Waals surface area contributed by atoms with Crippen molar-refractivity contribution in [2.75, 3.05) is 6.54 Å². The summed E-state index contributed by atoms with van der Waals surface area (Å²) in [7, 11) is 0. The van der Waals surface area contributed by atoms with Crippen LogP contribution < -0.4 is 0 Å². The molecule has 2 aromatic carbocycles. The number of esters is 1. The van der Waals surface area contributed by atoms with Gasteiger partial charge < -0.3 is 9.64 Å². The van der Waals surface area contributed by atoms with Gasteiger partial charge in [0.15, 0.2) is 0 Å². The van der Waals surface area contributed by atoms with Gasteiger partial charge in [0.05, 0.1) is 0 Å². The van der Waals surface area contributed by atoms with E-state index in [1.165, 1.54) is 11.6 Å². The quantitative estimate of drug-likeness (QED) is 0.591.